The number of hydrogen-bond acceptors (Lipinski definition) is 4. The highest BCUT2D eigenvalue weighted by atomic mass is 79.9. The molecule has 0 aliphatic heterocycles. The molecule has 1 saturated carbocycles. The summed E-state index contributed by atoms with van der Waals surface area (Å²) in [5.41, 5.74) is 0. The lowest BCUT2D eigenvalue weighted by Gasteiger charge is -2.16. The van der Waals surface area contributed by atoms with E-state index in [4.69, 9.17) is 5.11 Å². The minimum atomic E-state index is -3.57. The van der Waals surface area contributed by atoms with E-state index in [1.54, 1.807) is 13.0 Å². The Kier molecular flexibility index (Phi) is 4.88. The number of aryl methyl sites for hydroxylation is 1. The Hall–Kier alpha value is -0.440. The van der Waals surface area contributed by atoms with E-state index in [1.807, 2.05) is 0 Å². The van der Waals surface area contributed by atoms with Crippen molar-refractivity contribution in [3.63, 3.8) is 0 Å². The number of nitrogens with one attached hydrogen (secondary N) is 1. The van der Waals surface area contributed by atoms with E-state index < -0.39 is 21.9 Å². The van der Waals surface area contributed by atoms with E-state index >= 15 is 0 Å². The molecule has 0 amide bonds. The predicted molar refractivity (Wildman–Crippen MR) is 80.4 cm³/mol. The number of thiophene rings is 1. The molecule has 1 aromatic rings. The van der Waals surface area contributed by atoms with Crippen LogP contribution in [0.15, 0.2) is 14.7 Å². The first-order chi connectivity index (χ1) is 9.31. The molecule has 112 valence electrons. The first kappa shape index (κ1) is 15.9. The molecule has 0 bridgehead atoms. The molecule has 0 aromatic carbocycles. The fraction of sp³-hybridized carbons (Fsp3) is 0.583. The van der Waals surface area contributed by atoms with Crippen LogP contribution in [0, 0.1) is 18.8 Å². The number of halogens is 1. The van der Waals surface area contributed by atoms with Crippen LogP contribution in [-0.4, -0.2) is 26.0 Å². The van der Waals surface area contributed by atoms with E-state index in [0.717, 1.165) is 16.6 Å². The second-order valence-electron chi connectivity index (χ2n) is 4.96. The third-order valence-electron chi connectivity index (χ3n) is 3.64. The van der Waals surface area contributed by atoms with Gasteiger partial charge < -0.3 is 5.11 Å². The Morgan fingerprint density at radius 1 is 1.55 bits per heavy atom. The highest BCUT2D eigenvalue weighted by Crippen LogP contribution is 2.33. The third-order valence-corrected chi connectivity index (χ3v) is 6.88. The maximum Gasteiger partial charge on any atom is 0.306 e. The van der Waals surface area contributed by atoms with Gasteiger partial charge in [-0.25, -0.2) is 13.1 Å². The zero-order valence-electron chi connectivity index (χ0n) is 10.9. The summed E-state index contributed by atoms with van der Waals surface area (Å²) in [4.78, 5) is 12.1. The highest BCUT2D eigenvalue weighted by Gasteiger charge is 2.33. The molecule has 2 unspecified atom stereocenters. The van der Waals surface area contributed by atoms with Gasteiger partial charge in [0.15, 0.2) is 0 Å². The fourth-order valence-electron chi connectivity index (χ4n) is 2.60. The molecule has 2 rings (SSSR count). The monoisotopic (exact) mass is 381 g/mol. The number of carboxylic acids is 1. The van der Waals surface area contributed by atoms with Crippen LogP contribution < -0.4 is 4.72 Å². The molecule has 0 saturated heterocycles. The summed E-state index contributed by atoms with van der Waals surface area (Å²) in [6.07, 6.45) is 2.23. The first-order valence-electron chi connectivity index (χ1n) is 6.29. The van der Waals surface area contributed by atoms with Gasteiger partial charge in [0.1, 0.15) is 0 Å². The summed E-state index contributed by atoms with van der Waals surface area (Å²) in [5, 5.41) is 9.10. The minimum absolute atomic E-state index is 0.121. The maximum absolute atomic E-state index is 12.2. The van der Waals surface area contributed by atoms with Crippen LogP contribution in [0.1, 0.15) is 24.1 Å². The molecule has 1 heterocycles. The molecule has 20 heavy (non-hydrogen) atoms. The number of sulfonamides is 1. The number of hydrogen-bond donors (Lipinski definition) is 2. The lowest BCUT2D eigenvalue weighted by molar-refractivity contribution is -0.142. The summed E-state index contributed by atoms with van der Waals surface area (Å²) in [7, 11) is -3.57. The summed E-state index contributed by atoms with van der Waals surface area (Å²) in [5.74, 6) is -1.39. The van der Waals surface area contributed by atoms with Gasteiger partial charge in [0, 0.05) is 11.4 Å². The Morgan fingerprint density at radius 2 is 2.25 bits per heavy atom. The molecule has 2 N–H and O–H groups in total. The van der Waals surface area contributed by atoms with Crippen molar-refractivity contribution in [2.45, 2.75) is 31.1 Å². The second-order valence-corrected chi connectivity index (χ2v) is 9.33. The van der Waals surface area contributed by atoms with Crippen molar-refractivity contribution in [3.05, 3.63) is 14.7 Å². The molecular weight excluding hydrogens is 366 g/mol. The number of carboxylic acid groups (broad SMARTS) is 1. The van der Waals surface area contributed by atoms with Gasteiger partial charge in [-0.3, -0.25) is 4.79 Å². The van der Waals surface area contributed by atoms with E-state index in [9.17, 15) is 13.2 Å². The standard InChI is InChI=1S/C12H16BrNO4S2/c1-7-10(5-11(13)19-7)20(17,18)14-6-8-3-2-4-9(8)12(15)16/h5,8-9,14H,2-4,6H2,1H3,(H,15,16). The van der Waals surface area contributed by atoms with Gasteiger partial charge in [-0.1, -0.05) is 6.42 Å². The van der Waals surface area contributed by atoms with Crippen molar-refractivity contribution in [2.75, 3.05) is 6.54 Å². The van der Waals surface area contributed by atoms with Crippen LogP contribution in [-0.2, 0) is 14.8 Å². The molecule has 1 aliphatic carbocycles. The van der Waals surface area contributed by atoms with Crippen molar-refractivity contribution in [2.24, 2.45) is 11.8 Å². The summed E-state index contributed by atoms with van der Waals surface area (Å²) >= 11 is 4.63. The van der Waals surface area contributed by atoms with Crippen LogP contribution in [0.4, 0.5) is 0 Å². The smallest absolute Gasteiger partial charge is 0.306 e. The topological polar surface area (TPSA) is 83.5 Å². The van der Waals surface area contributed by atoms with Crippen LogP contribution >= 0.6 is 27.3 Å². The van der Waals surface area contributed by atoms with Crippen LogP contribution in [0.25, 0.3) is 0 Å². The zero-order chi connectivity index (χ0) is 14.9. The van der Waals surface area contributed by atoms with Crippen molar-refractivity contribution < 1.29 is 18.3 Å². The van der Waals surface area contributed by atoms with Gasteiger partial charge in [0.2, 0.25) is 10.0 Å². The molecule has 0 radical (unpaired) electrons. The molecule has 8 heteroatoms. The molecule has 1 fully saturated rings. The van der Waals surface area contributed by atoms with Gasteiger partial charge in [0.25, 0.3) is 0 Å². The van der Waals surface area contributed by atoms with Gasteiger partial charge in [-0.15, -0.1) is 11.3 Å². The summed E-state index contributed by atoms with van der Waals surface area (Å²) < 4.78 is 27.8. The van der Waals surface area contributed by atoms with E-state index in [1.165, 1.54) is 11.3 Å². The van der Waals surface area contributed by atoms with Crippen LogP contribution in [0.2, 0.25) is 0 Å². The minimum Gasteiger partial charge on any atom is -0.481 e. The van der Waals surface area contributed by atoms with Gasteiger partial charge in [0.05, 0.1) is 14.6 Å². The molecule has 0 spiro atoms. The SMILES string of the molecule is Cc1sc(Br)cc1S(=O)(=O)NCC1CCCC1C(=O)O. The second kappa shape index (κ2) is 6.13. The maximum atomic E-state index is 12.2. The average Bonchev–Trinajstić information content (AvgIpc) is 2.93. The molecule has 1 aliphatic rings. The van der Waals surface area contributed by atoms with Crippen molar-refractivity contribution in [1.82, 2.24) is 4.72 Å². The Labute approximate surface area is 130 Å². The van der Waals surface area contributed by atoms with Crippen LogP contribution in [0.3, 0.4) is 0 Å². The van der Waals surface area contributed by atoms with Crippen LogP contribution in [0.5, 0.6) is 0 Å². The fourth-order valence-corrected chi connectivity index (χ4v) is 6.11. The zero-order valence-corrected chi connectivity index (χ0v) is 14.1. The highest BCUT2D eigenvalue weighted by molar-refractivity contribution is 9.11. The summed E-state index contributed by atoms with van der Waals surface area (Å²) in [6, 6.07) is 1.58. The first-order valence-corrected chi connectivity index (χ1v) is 9.39. The molecule has 2 atom stereocenters. The molecular formula is C12H16BrNO4S2. The molecule has 1 aromatic heterocycles. The van der Waals surface area contributed by atoms with Gasteiger partial charge in [-0.2, -0.15) is 0 Å². The van der Waals surface area contributed by atoms with Crippen molar-refractivity contribution >= 4 is 43.3 Å². The summed E-state index contributed by atoms with van der Waals surface area (Å²) in [6.45, 7) is 1.94. The quantitative estimate of drug-likeness (QED) is 0.820. The predicted octanol–water partition coefficient (Wildman–Crippen LogP) is 2.60. The van der Waals surface area contributed by atoms with E-state index in [-0.39, 0.29) is 17.4 Å². The normalized spacial score (nSPS) is 23.1. The number of carbonyl (C=O) groups is 1. The van der Waals surface area contributed by atoms with Gasteiger partial charge in [-0.05, 0) is 47.7 Å². The van der Waals surface area contributed by atoms with E-state index in [2.05, 4.69) is 20.7 Å². The average molecular weight is 382 g/mol. The Morgan fingerprint density at radius 3 is 2.80 bits per heavy atom. The van der Waals surface area contributed by atoms with Crippen molar-refractivity contribution in [3.8, 4) is 0 Å². The number of rotatable bonds is 5. The van der Waals surface area contributed by atoms with Crippen molar-refractivity contribution in [1.29, 1.82) is 0 Å². The largest absolute Gasteiger partial charge is 0.481 e. The van der Waals surface area contributed by atoms with E-state index in [0.29, 0.717) is 11.3 Å². The number of aliphatic carboxylic acids is 1. The lowest BCUT2D eigenvalue weighted by atomic mass is 9.97. The molecule has 5 nitrogen and oxygen atoms in total. The van der Waals surface area contributed by atoms with Gasteiger partial charge >= 0.3 is 5.97 Å². The Balaban J connectivity index is 2.06. The lowest BCUT2D eigenvalue weighted by Crippen LogP contribution is -2.33. The third kappa shape index (κ3) is 3.41. The Bertz CT molecular complexity index is 611.